The summed E-state index contributed by atoms with van der Waals surface area (Å²) in [5, 5.41) is 11.2. The van der Waals surface area contributed by atoms with Crippen molar-refractivity contribution in [1.29, 1.82) is 0 Å². The Labute approximate surface area is 131 Å². The van der Waals surface area contributed by atoms with Gasteiger partial charge in [-0.2, -0.15) is 0 Å². The molecular formula is C17H23N3O2. The fourth-order valence-corrected chi connectivity index (χ4v) is 3.13. The summed E-state index contributed by atoms with van der Waals surface area (Å²) in [4.78, 5) is 9.08. The monoisotopic (exact) mass is 301 g/mol. The van der Waals surface area contributed by atoms with E-state index in [1.54, 1.807) is 7.11 Å². The van der Waals surface area contributed by atoms with E-state index in [0.717, 1.165) is 35.4 Å². The number of hydrogen-bond donors (Lipinski definition) is 1. The standard InChI is InChI=1S/C17H23N3O2/c1-19(2)14-10-20(11-15(14)21)9-13-8-7-12-5-4-6-16(22-3)17(12)18-13/h4-8,14-15,21H,9-11H2,1-3H3/t14-,15-/m0/s1. The number of aromatic nitrogens is 1. The number of rotatable bonds is 4. The quantitative estimate of drug-likeness (QED) is 0.924. The van der Waals surface area contributed by atoms with Crippen LogP contribution in [-0.2, 0) is 6.54 Å². The number of benzene rings is 1. The van der Waals surface area contributed by atoms with E-state index in [2.05, 4.69) is 21.9 Å². The van der Waals surface area contributed by atoms with Crippen LogP contribution >= 0.6 is 0 Å². The Bertz CT molecular complexity index is 659. The molecule has 0 aliphatic carbocycles. The minimum absolute atomic E-state index is 0.190. The fraction of sp³-hybridized carbons (Fsp3) is 0.471. The molecule has 0 unspecified atom stereocenters. The highest BCUT2D eigenvalue weighted by molar-refractivity contribution is 5.84. The summed E-state index contributed by atoms with van der Waals surface area (Å²) in [5.74, 6) is 0.798. The number of fused-ring (bicyclic) bond motifs is 1. The largest absolute Gasteiger partial charge is 0.494 e. The molecule has 1 aromatic carbocycles. The van der Waals surface area contributed by atoms with Crippen molar-refractivity contribution in [2.24, 2.45) is 0 Å². The molecule has 5 nitrogen and oxygen atoms in total. The summed E-state index contributed by atoms with van der Waals surface area (Å²) in [7, 11) is 5.69. The number of pyridine rings is 1. The predicted molar refractivity (Wildman–Crippen MR) is 87.1 cm³/mol. The molecule has 118 valence electrons. The lowest BCUT2D eigenvalue weighted by Gasteiger charge is -2.21. The molecule has 0 saturated carbocycles. The van der Waals surface area contributed by atoms with Gasteiger partial charge in [0.25, 0.3) is 0 Å². The molecule has 1 fully saturated rings. The summed E-state index contributed by atoms with van der Waals surface area (Å²) in [6.07, 6.45) is -0.301. The second-order valence-electron chi connectivity index (χ2n) is 6.13. The summed E-state index contributed by atoms with van der Waals surface area (Å²) in [5.41, 5.74) is 1.90. The lowest BCUT2D eigenvalue weighted by Crippen LogP contribution is -2.37. The van der Waals surface area contributed by atoms with E-state index in [4.69, 9.17) is 9.72 Å². The van der Waals surface area contributed by atoms with Crippen molar-refractivity contribution in [3.63, 3.8) is 0 Å². The number of hydrogen-bond acceptors (Lipinski definition) is 5. The minimum atomic E-state index is -0.301. The number of aliphatic hydroxyl groups excluding tert-OH is 1. The maximum Gasteiger partial charge on any atom is 0.145 e. The molecule has 1 saturated heterocycles. The van der Waals surface area contributed by atoms with E-state index in [-0.39, 0.29) is 12.1 Å². The lowest BCUT2D eigenvalue weighted by molar-refractivity contribution is 0.112. The molecule has 2 heterocycles. The van der Waals surface area contributed by atoms with Crippen molar-refractivity contribution in [3.05, 3.63) is 36.0 Å². The topological polar surface area (TPSA) is 48.8 Å². The smallest absolute Gasteiger partial charge is 0.145 e. The first kappa shape index (κ1) is 15.2. The average molecular weight is 301 g/mol. The molecule has 5 heteroatoms. The zero-order chi connectivity index (χ0) is 15.7. The van der Waals surface area contributed by atoms with Gasteiger partial charge in [-0.25, -0.2) is 4.98 Å². The number of para-hydroxylation sites is 1. The normalized spacial score (nSPS) is 22.6. The maximum atomic E-state index is 10.1. The van der Waals surface area contributed by atoms with Crippen LogP contribution in [0.1, 0.15) is 5.69 Å². The Balaban J connectivity index is 1.80. The van der Waals surface area contributed by atoms with Gasteiger partial charge in [-0.3, -0.25) is 4.90 Å². The van der Waals surface area contributed by atoms with E-state index in [0.29, 0.717) is 6.54 Å². The van der Waals surface area contributed by atoms with E-state index in [9.17, 15) is 5.11 Å². The molecule has 1 aliphatic rings. The molecular weight excluding hydrogens is 278 g/mol. The summed E-state index contributed by atoms with van der Waals surface area (Å²) in [6.45, 7) is 2.30. The van der Waals surface area contributed by atoms with E-state index in [1.807, 2.05) is 32.3 Å². The third-order valence-corrected chi connectivity index (χ3v) is 4.34. The third kappa shape index (κ3) is 2.92. The SMILES string of the molecule is COc1cccc2ccc(CN3C[C@H](O)[C@@H](N(C)C)C3)nc12. The van der Waals surface area contributed by atoms with Gasteiger partial charge in [-0.1, -0.05) is 18.2 Å². The van der Waals surface area contributed by atoms with E-state index >= 15 is 0 Å². The highest BCUT2D eigenvalue weighted by Gasteiger charge is 2.32. The van der Waals surface area contributed by atoms with Gasteiger partial charge in [0.1, 0.15) is 11.3 Å². The van der Waals surface area contributed by atoms with Gasteiger partial charge in [0.15, 0.2) is 0 Å². The van der Waals surface area contributed by atoms with Crippen LogP contribution in [0.2, 0.25) is 0 Å². The Morgan fingerprint density at radius 2 is 2.09 bits per heavy atom. The van der Waals surface area contributed by atoms with E-state index in [1.165, 1.54) is 0 Å². The molecule has 3 rings (SSSR count). The van der Waals surface area contributed by atoms with Crippen LogP contribution in [0, 0.1) is 0 Å². The fourth-order valence-electron chi connectivity index (χ4n) is 3.13. The van der Waals surface area contributed by atoms with Gasteiger partial charge in [0.05, 0.1) is 18.9 Å². The molecule has 0 bridgehead atoms. The second kappa shape index (κ2) is 6.20. The number of likely N-dealkylation sites (tertiary alicyclic amines) is 1. The number of nitrogens with zero attached hydrogens (tertiary/aromatic N) is 3. The van der Waals surface area contributed by atoms with Gasteiger partial charge in [-0.05, 0) is 26.2 Å². The van der Waals surface area contributed by atoms with Crippen LogP contribution < -0.4 is 4.74 Å². The molecule has 2 atom stereocenters. The third-order valence-electron chi connectivity index (χ3n) is 4.34. The van der Waals surface area contributed by atoms with Gasteiger partial charge >= 0.3 is 0 Å². The highest BCUT2D eigenvalue weighted by Crippen LogP contribution is 2.24. The van der Waals surface area contributed by atoms with Crippen molar-refractivity contribution in [2.75, 3.05) is 34.3 Å². The van der Waals surface area contributed by atoms with Gasteiger partial charge < -0.3 is 14.7 Å². The molecule has 1 aromatic heterocycles. The van der Waals surface area contributed by atoms with Crippen LogP contribution in [-0.4, -0.2) is 66.3 Å². The van der Waals surface area contributed by atoms with Crippen LogP contribution in [0.4, 0.5) is 0 Å². The van der Waals surface area contributed by atoms with E-state index < -0.39 is 0 Å². The number of aliphatic hydroxyl groups is 1. The van der Waals surface area contributed by atoms with Crippen molar-refractivity contribution in [1.82, 2.24) is 14.8 Å². The van der Waals surface area contributed by atoms with Crippen molar-refractivity contribution < 1.29 is 9.84 Å². The molecule has 22 heavy (non-hydrogen) atoms. The second-order valence-corrected chi connectivity index (χ2v) is 6.13. The molecule has 0 radical (unpaired) electrons. The average Bonchev–Trinajstić information content (AvgIpc) is 2.87. The number of likely N-dealkylation sites (N-methyl/N-ethyl adjacent to an activating group) is 1. The number of β-amino-alcohol motifs (C(OH)–C–C–N with tert-alkyl or cyclic N) is 1. The van der Waals surface area contributed by atoms with Crippen LogP contribution in [0.25, 0.3) is 10.9 Å². The van der Waals surface area contributed by atoms with Gasteiger partial charge in [0, 0.05) is 31.1 Å². The lowest BCUT2D eigenvalue weighted by atomic mass is 10.2. The number of ether oxygens (including phenoxy) is 1. The Hall–Kier alpha value is -1.69. The Kier molecular flexibility index (Phi) is 4.29. The summed E-state index contributed by atoms with van der Waals surface area (Å²) >= 11 is 0. The molecule has 0 spiro atoms. The van der Waals surface area contributed by atoms with Crippen molar-refractivity contribution in [2.45, 2.75) is 18.7 Å². The Morgan fingerprint density at radius 3 is 2.77 bits per heavy atom. The highest BCUT2D eigenvalue weighted by atomic mass is 16.5. The zero-order valence-corrected chi connectivity index (χ0v) is 13.4. The maximum absolute atomic E-state index is 10.1. The van der Waals surface area contributed by atoms with Gasteiger partial charge in [-0.15, -0.1) is 0 Å². The Morgan fingerprint density at radius 1 is 1.27 bits per heavy atom. The van der Waals surface area contributed by atoms with Crippen LogP contribution in [0.3, 0.4) is 0 Å². The van der Waals surface area contributed by atoms with Crippen molar-refractivity contribution in [3.8, 4) is 5.75 Å². The van der Waals surface area contributed by atoms with Crippen molar-refractivity contribution >= 4 is 10.9 Å². The molecule has 1 N–H and O–H groups in total. The molecule has 2 aromatic rings. The molecule has 0 amide bonds. The summed E-state index contributed by atoms with van der Waals surface area (Å²) in [6, 6.07) is 10.3. The first-order valence-corrected chi connectivity index (χ1v) is 7.58. The van der Waals surface area contributed by atoms with Crippen LogP contribution in [0.15, 0.2) is 30.3 Å². The summed E-state index contributed by atoms with van der Waals surface area (Å²) < 4.78 is 5.40. The number of methoxy groups -OCH3 is 1. The molecule has 1 aliphatic heterocycles. The van der Waals surface area contributed by atoms with Crippen LogP contribution in [0.5, 0.6) is 5.75 Å². The minimum Gasteiger partial charge on any atom is -0.494 e. The van der Waals surface area contributed by atoms with Gasteiger partial charge in [0.2, 0.25) is 0 Å². The predicted octanol–water partition coefficient (Wildman–Crippen LogP) is 1.35. The first-order valence-electron chi connectivity index (χ1n) is 7.58. The first-order chi connectivity index (χ1) is 10.6. The zero-order valence-electron chi connectivity index (χ0n) is 13.4.